The predicted molar refractivity (Wildman–Crippen MR) is 56.2 cm³/mol. The molecule has 0 saturated carbocycles. The lowest BCUT2D eigenvalue weighted by molar-refractivity contribution is -0.0380. The standard InChI is InChI=1S/C12H17NO/c1-9-7-12(8-10(2)14-9)11-3-5-13-6-4-11/h3-6,9-10,12H,7-8H2,1-2H3/t9-,10-/m0/s1. The van der Waals surface area contributed by atoms with Gasteiger partial charge in [-0.05, 0) is 50.3 Å². The maximum Gasteiger partial charge on any atom is 0.0556 e. The van der Waals surface area contributed by atoms with Gasteiger partial charge >= 0.3 is 0 Å². The van der Waals surface area contributed by atoms with Crippen LogP contribution in [0.25, 0.3) is 0 Å². The molecule has 1 saturated heterocycles. The van der Waals surface area contributed by atoms with E-state index < -0.39 is 0 Å². The van der Waals surface area contributed by atoms with Crippen LogP contribution in [-0.4, -0.2) is 17.2 Å². The zero-order valence-electron chi connectivity index (χ0n) is 8.81. The zero-order chi connectivity index (χ0) is 9.97. The lowest BCUT2D eigenvalue weighted by Crippen LogP contribution is -2.28. The molecule has 2 atom stereocenters. The summed E-state index contributed by atoms with van der Waals surface area (Å²) in [5.74, 6) is 0.650. The van der Waals surface area contributed by atoms with E-state index in [1.165, 1.54) is 5.56 Å². The van der Waals surface area contributed by atoms with Gasteiger partial charge in [0.15, 0.2) is 0 Å². The highest BCUT2D eigenvalue weighted by molar-refractivity contribution is 5.16. The number of ether oxygens (including phenoxy) is 1. The summed E-state index contributed by atoms with van der Waals surface area (Å²) in [5.41, 5.74) is 1.40. The molecule has 0 aliphatic carbocycles. The topological polar surface area (TPSA) is 22.1 Å². The van der Waals surface area contributed by atoms with Crippen LogP contribution in [0.2, 0.25) is 0 Å². The fraction of sp³-hybridized carbons (Fsp3) is 0.583. The molecule has 1 aromatic rings. The number of rotatable bonds is 1. The van der Waals surface area contributed by atoms with E-state index in [1.807, 2.05) is 12.4 Å². The van der Waals surface area contributed by atoms with Gasteiger partial charge in [-0.2, -0.15) is 0 Å². The summed E-state index contributed by atoms with van der Waals surface area (Å²) < 4.78 is 5.72. The van der Waals surface area contributed by atoms with Gasteiger partial charge in [0, 0.05) is 12.4 Å². The Kier molecular flexibility index (Phi) is 2.82. The third-order valence-corrected chi connectivity index (χ3v) is 2.88. The third kappa shape index (κ3) is 2.13. The molecule has 0 unspecified atom stereocenters. The van der Waals surface area contributed by atoms with Crippen molar-refractivity contribution in [3.8, 4) is 0 Å². The van der Waals surface area contributed by atoms with Gasteiger partial charge in [0.05, 0.1) is 12.2 Å². The number of nitrogens with zero attached hydrogens (tertiary/aromatic N) is 1. The average molecular weight is 191 g/mol. The van der Waals surface area contributed by atoms with E-state index in [0.717, 1.165) is 12.8 Å². The Hall–Kier alpha value is -0.890. The first-order chi connectivity index (χ1) is 6.75. The Labute approximate surface area is 85.3 Å². The first kappa shape index (κ1) is 9.66. The second-order valence-corrected chi connectivity index (χ2v) is 4.21. The third-order valence-electron chi connectivity index (χ3n) is 2.88. The van der Waals surface area contributed by atoms with E-state index in [1.54, 1.807) is 0 Å². The summed E-state index contributed by atoms with van der Waals surface area (Å²) in [6.07, 6.45) is 6.79. The van der Waals surface area contributed by atoms with Crippen molar-refractivity contribution in [1.29, 1.82) is 0 Å². The van der Waals surface area contributed by atoms with E-state index in [9.17, 15) is 0 Å². The molecule has 0 bridgehead atoms. The van der Waals surface area contributed by atoms with Crippen molar-refractivity contribution < 1.29 is 4.74 Å². The molecule has 1 aliphatic rings. The monoisotopic (exact) mass is 191 g/mol. The molecule has 0 N–H and O–H groups in total. The fourth-order valence-corrected chi connectivity index (χ4v) is 2.31. The van der Waals surface area contributed by atoms with Crippen molar-refractivity contribution in [3.05, 3.63) is 30.1 Å². The molecule has 14 heavy (non-hydrogen) atoms. The van der Waals surface area contributed by atoms with Crippen LogP contribution in [0.1, 0.15) is 38.2 Å². The second kappa shape index (κ2) is 4.09. The van der Waals surface area contributed by atoms with E-state index in [0.29, 0.717) is 18.1 Å². The summed E-state index contributed by atoms with van der Waals surface area (Å²) in [6, 6.07) is 4.24. The quantitative estimate of drug-likeness (QED) is 0.681. The minimum Gasteiger partial charge on any atom is -0.376 e. The Morgan fingerprint density at radius 3 is 2.29 bits per heavy atom. The predicted octanol–water partition coefficient (Wildman–Crippen LogP) is 2.75. The van der Waals surface area contributed by atoms with Crippen LogP contribution in [0, 0.1) is 0 Å². The molecule has 0 aromatic carbocycles. The highest BCUT2D eigenvalue weighted by Gasteiger charge is 2.25. The number of pyridine rings is 1. The van der Waals surface area contributed by atoms with Crippen LogP contribution >= 0.6 is 0 Å². The van der Waals surface area contributed by atoms with Gasteiger partial charge in [0.2, 0.25) is 0 Å². The smallest absolute Gasteiger partial charge is 0.0556 e. The Balaban J connectivity index is 2.11. The number of hydrogen-bond donors (Lipinski definition) is 0. The molecule has 1 fully saturated rings. The van der Waals surface area contributed by atoms with Crippen LogP contribution in [0.5, 0.6) is 0 Å². The Morgan fingerprint density at radius 2 is 1.71 bits per heavy atom. The molecule has 2 nitrogen and oxygen atoms in total. The van der Waals surface area contributed by atoms with Crippen LogP contribution in [-0.2, 0) is 4.74 Å². The van der Waals surface area contributed by atoms with Crippen LogP contribution < -0.4 is 0 Å². The maximum atomic E-state index is 5.72. The molecular weight excluding hydrogens is 174 g/mol. The second-order valence-electron chi connectivity index (χ2n) is 4.21. The van der Waals surface area contributed by atoms with Gasteiger partial charge < -0.3 is 4.74 Å². The molecule has 0 radical (unpaired) electrons. The lowest BCUT2D eigenvalue weighted by Gasteiger charge is -2.32. The largest absolute Gasteiger partial charge is 0.376 e. The van der Waals surface area contributed by atoms with Gasteiger partial charge in [-0.3, -0.25) is 4.98 Å². The number of hydrogen-bond acceptors (Lipinski definition) is 2. The van der Waals surface area contributed by atoms with E-state index in [4.69, 9.17) is 4.74 Å². The molecular formula is C12H17NO. The van der Waals surface area contributed by atoms with Crippen molar-refractivity contribution in [3.63, 3.8) is 0 Å². The molecule has 1 aliphatic heterocycles. The summed E-state index contributed by atoms with van der Waals surface area (Å²) in [7, 11) is 0. The Morgan fingerprint density at radius 1 is 1.14 bits per heavy atom. The van der Waals surface area contributed by atoms with Crippen LogP contribution in [0.3, 0.4) is 0 Å². The molecule has 2 rings (SSSR count). The number of aromatic nitrogens is 1. The van der Waals surface area contributed by atoms with Gasteiger partial charge in [-0.15, -0.1) is 0 Å². The van der Waals surface area contributed by atoms with Crippen LogP contribution in [0.15, 0.2) is 24.5 Å². The summed E-state index contributed by atoms with van der Waals surface area (Å²) >= 11 is 0. The highest BCUT2D eigenvalue weighted by atomic mass is 16.5. The van der Waals surface area contributed by atoms with Gasteiger partial charge in [0.1, 0.15) is 0 Å². The van der Waals surface area contributed by atoms with Crippen molar-refractivity contribution >= 4 is 0 Å². The van der Waals surface area contributed by atoms with Crippen LogP contribution in [0.4, 0.5) is 0 Å². The lowest BCUT2D eigenvalue weighted by atomic mass is 9.87. The molecule has 0 amide bonds. The van der Waals surface area contributed by atoms with Gasteiger partial charge in [-0.1, -0.05) is 0 Å². The fourth-order valence-electron chi connectivity index (χ4n) is 2.31. The normalized spacial score (nSPS) is 32.9. The van der Waals surface area contributed by atoms with E-state index in [-0.39, 0.29) is 0 Å². The van der Waals surface area contributed by atoms with Gasteiger partial charge in [0.25, 0.3) is 0 Å². The first-order valence-corrected chi connectivity index (χ1v) is 5.31. The average Bonchev–Trinajstić information content (AvgIpc) is 2.18. The maximum absolute atomic E-state index is 5.72. The van der Waals surface area contributed by atoms with E-state index >= 15 is 0 Å². The van der Waals surface area contributed by atoms with Gasteiger partial charge in [-0.25, -0.2) is 0 Å². The van der Waals surface area contributed by atoms with Crippen molar-refractivity contribution in [2.75, 3.05) is 0 Å². The van der Waals surface area contributed by atoms with E-state index in [2.05, 4.69) is 31.0 Å². The zero-order valence-corrected chi connectivity index (χ0v) is 8.81. The molecule has 2 heterocycles. The molecule has 1 aromatic heterocycles. The molecule has 2 heteroatoms. The highest BCUT2D eigenvalue weighted by Crippen LogP contribution is 2.32. The Bertz CT molecular complexity index is 276. The molecule has 0 spiro atoms. The minimum absolute atomic E-state index is 0.386. The first-order valence-electron chi connectivity index (χ1n) is 5.31. The summed E-state index contributed by atoms with van der Waals surface area (Å²) in [6.45, 7) is 4.31. The SMILES string of the molecule is C[C@H]1CC(c2ccncc2)C[C@H](C)O1. The van der Waals surface area contributed by atoms with Crippen molar-refractivity contribution in [2.24, 2.45) is 0 Å². The van der Waals surface area contributed by atoms with Crippen molar-refractivity contribution in [2.45, 2.75) is 44.8 Å². The summed E-state index contributed by atoms with van der Waals surface area (Å²) in [4.78, 5) is 4.05. The summed E-state index contributed by atoms with van der Waals surface area (Å²) in [5, 5.41) is 0. The van der Waals surface area contributed by atoms with Crippen molar-refractivity contribution in [1.82, 2.24) is 4.98 Å². The molecule has 76 valence electrons. The minimum atomic E-state index is 0.386.